The number of rotatable bonds is 10. The van der Waals surface area contributed by atoms with Gasteiger partial charge in [0.25, 0.3) is 0 Å². The third-order valence-corrected chi connectivity index (χ3v) is 3.72. The second kappa shape index (κ2) is 11.0. The highest BCUT2D eigenvalue weighted by molar-refractivity contribution is 5.81. The topological polar surface area (TPSA) is 74.0 Å². The van der Waals surface area contributed by atoms with Crippen molar-refractivity contribution in [3.05, 3.63) is 0 Å². The number of carbonyl (C=O) groups is 1. The minimum Gasteiger partial charge on any atom is -0.385 e. The van der Waals surface area contributed by atoms with Gasteiger partial charge in [-0.3, -0.25) is 4.79 Å². The monoisotopic (exact) mass is 302 g/mol. The maximum atomic E-state index is 12.2. The Balaban J connectivity index is 2.17. The fourth-order valence-corrected chi connectivity index (χ4v) is 2.47. The summed E-state index contributed by atoms with van der Waals surface area (Å²) in [6, 6.07) is -0.407. The Hall–Kier alpha value is -0.690. The van der Waals surface area contributed by atoms with Crippen LogP contribution < -0.4 is 5.73 Å². The lowest BCUT2D eigenvalue weighted by molar-refractivity contribution is -0.135. The SMILES string of the molecule is CCOCCOC1CCN(C(=O)C(N)CCCOC)CC1. The lowest BCUT2D eigenvalue weighted by atomic mass is 10.1. The lowest BCUT2D eigenvalue weighted by Crippen LogP contribution is -2.48. The summed E-state index contributed by atoms with van der Waals surface area (Å²) in [5.41, 5.74) is 5.94. The fraction of sp³-hybridized carbons (Fsp3) is 0.933. The Morgan fingerprint density at radius 1 is 1.29 bits per heavy atom. The second-order valence-corrected chi connectivity index (χ2v) is 5.33. The number of amides is 1. The number of nitrogens with two attached hydrogens (primary N) is 1. The summed E-state index contributed by atoms with van der Waals surface area (Å²) >= 11 is 0. The zero-order chi connectivity index (χ0) is 15.5. The third-order valence-electron chi connectivity index (χ3n) is 3.72. The van der Waals surface area contributed by atoms with Crippen LogP contribution in [0.4, 0.5) is 0 Å². The van der Waals surface area contributed by atoms with Crippen LogP contribution in [0.25, 0.3) is 0 Å². The van der Waals surface area contributed by atoms with Gasteiger partial charge >= 0.3 is 0 Å². The van der Waals surface area contributed by atoms with Gasteiger partial charge in [-0.2, -0.15) is 0 Å². The molecular weight excluding hydrogens is 272 g/mol. The molecule has 0 radical (unpaired) electrons. The summed E-state index contributed by atoms with van der Waals surface area (Å²) in [7, 11) is 1.66. The number of nitrogens with zero attached hydrogens (tertiary/aromatic N) is 1. The van der Waals surface area contributed by atoms with Crippen LogP contribution in [0.3, 0.4) is 0 Å². The van der Waals surface area contributed by atoms with Gasteiger partial charge in [-0.15, -0.1) is 0 Å². The molecule has 1 saturated heterocycles. The highest BCUT2D eigenvalue weighted by atomic mass is 16.5. The molecule has 1 aliphatic rings. The standard InChI is InChI=1S/C15H30N2O4/c1-3-20-11-12-21-13-6-8-17(9-7-13)15(18)14(16)5-4-10-19-2/h13-14H,3-12,16H2,1-2H3. The normalized spacial score (nSPS) is 18.0. The summed E-state index contributed by atoms with van der Waals surface area (Å²) in [6.45, 7) is 6.07. The van der Waals surface area contributed by atoms with Crippen molar-refractivity contribution < 1.29 is 19.0 Å². The summed E-state index contributed by atoms with van der Waals surface area (Å²) in [4.78, 5) is 14.1. The first-order valence-corrected chi connectivity index (χ1v) is 7.91. The van der Waals surface area contributed by atoms with E-state index in [1.807, 2.05) is 11.8 Å². The van der Waals surface area contributed by atoms with Crippen molar-refractivity contribution in [2.75, 3.05) is 46.6 Å². The van der Waals surface area contributed by atoms with Crippen LogP contribution in [-0.2, 0) is 19.0 Å². The van der Waals surface area contributed by atoms with E-state index < -0.39 is 6.04 Å². The molecule has 0 aliphatic carbocycles. The van der Waals surface area contributed by atoms with Crippen LogP contribution in [0, 0.1) is 0 Å². The number of hydrogen-bond acceptors (Lipinski definition) is 5. The zero-order valence-electron chi connectivity index (χ0n) is 13.4. The first-order chi connectivity index (χ1) is 10.2. The van der Waals surface area contributed by atoms with Gasteiger partial charge in [-0.05, 0) is 32.6 Å². The highest BCUT2D eigenvalue weighted by Crippen LogP contribution is 2.15. The van der Waals surface area contributed by atoms with Gasteiger partial charge in [0.05, 0.1) is 25.4 Å². The second-order valence-electron chi connectivity index (χ2n) is 5.33. The Bertz CT molecular complexity index is 281. The number of likely N-dealkylation sites (tertiary alicyclic amines) is 1. The number of ether oxygens (including phenoxy) is 3. The Labute approximate surface area is 127 Å². The van der Waals surface area contributed by atoms with Gasteiger partial charge in [0.15, 0.2) is 0 Å². The molecule has 0 bridgehead atoms. The number of hydrogen-bond donors (Lipinski definition) is 1. The third kappa shape index (κ3) is 7.22. The van der Waals surface area contributed by atoms with Crippen molar-refractivity contribution in [1.29, 1.82) is 0 Å². The van der Waals surface area contributed by atoms with E-state index in [2.05, 4.69) is 0 Å². The molecule has 1 fully saturated rings. The minimum absolute atomic E-state index is 0.0545. The molecule has 6 heteroatoms. The van der Waals surface area contributed by atoms with Gasteiger partial charge in [-0.25, -0.2) is 0 Å². The molecule has 21 heavy (non-hydrogen) atoms. The van der Waals surface area contributed by atoms with Gasteiger partial charge < -0.3 is 24.8 Å². The highest BCUT2D eigenvalue weighted by Gasteiger charge is 2.26. The van der Waals surface area contributed by atoms with Gasteiger partial charge in [0, 0.05) is 33.4 Å². The molecule has 1 rings (SSSR count). The smallest absolute Gasteiger partial charge is 0.239 e. The quantitative estimate of drug-likeness (QED) is 0.604. The van der Waals surface area contributed by atoms with Crippen molar-refractivity contribution >= 4 is 5.91 Å². The van der Waals surface area contributed by atoms with E-state index in [0.717, 1.165) is 39.0 Å². The number of piperidine rings is 1. The number of methoxy groups -OCH3 is 1. The Kier molecular flexibility index (Phi) is 9.58. The van der Waals surface area contributed by atoms with Crippen LogP contribution in [-0.4, -0.2) is 69.6 Å². The molecule has 0 saturated carbocycles. The molecule has 0 spiro atoms. The summed E-state index contributed by atoms with van der Waals surface area (Å²) in [5, 5.41) is 0. The predicted molar refractivity (Wildman–Crippen MR) is 81.1 cm³/mol. The van der Waals surface area contributed by atoms with E-state index in [4.69, 9.17) is 19.9 Å². The molecule has 1 amide bonds. The summed E-state index contributed by atoms with van der Waals surface area (Å²) < 4.78 is 16.0. The van der Waals surface area contributed by atoms with E-state index in [0.29, 0.717) is 26.2 Å². The molecule has 0 aromatic rings. The molecular formula is C15H30N2O4. The molecule has 2 N–H and O–H groups in total. The van der Waals surface area contributed by atoms with E-state index in [1.165, 1.54) is 0 Å². The maximum Gasteiger partial charge on any atom is 0.239 e. The average Bonchev–Trinajstić information content (AvgIpc) is 2.51. The molecule has 0 aromatic heterocycles. The molecule has 6 nitrogen and oxygen atoms in total. The first kappa shape index (κ1) is 18.4. The van der Waals surface area contributed by atoms with Crippen LogP contribution in [0.5, 0.6) is 0 Å². The van der Waals surface area contributed by atoms with E-state index in [9.17, 15) is 4.79 Å². The lowest BCUT2D eigenvalue weighted by Gasteiger charge is -2.33. The molecule has 0 aromatic carbocycles. The van der Waals surface area contributed by atoms with E-state index in [-0.39, 0.29) is 12.0 Å². The minimum atomic E-state index is -0.407. The Morgan fingerprint density at radius 2 is 2.00 bits per heavy atom. The van der Waals surface area contributed by atoms with Crippen molar-refractivity contribution in [1.82, 2.24) is 4.90 Å². The van der Waals surface area contributed by atoms with Crippen LogP contribution in [0.1, 0.15) is 32.6 Å². The fourth-order valence-electron chi connectivity index (χ4n) is 2.47. The molecule has 124 valence electrons. The van der Waals surface area contributed by atoms with Gasteiger partial charge in [0.2, 0.25) is 5.91 Å². The largest absolute Gasteiger partial charge is 0.385 e. The maximum absolute atomic E-state index is 12.2. The average molecular weight is 302 g/mol. The number of carbonyl (C=O) groups excluding carboxylic acids is 1. The zero-order valence-corrected chi connectivity index (χ0v) is 13.4. The molecule has 1 heterocycles. The van der Waals surface area contributed by atoms with Crippen LogP contribution in [0.15, 0.2) is 0 Å². The van der Waals surface area contributed by atoms with Crippen LogP contribution >= 0.6 is 0 Å². The molecule has 1 aliphatic heterocycles. The van der Waals surface area contributed by atoms with Crippen molar-refractivity contribution in [3.63, 3.8) is 0 Å². The van der Waals surface area contributed by atoms with E-state index >= 15 is 0 Å². The van der Waals surface area contributed by atoms with Crippen LogP contribution in [0.2, 0.25) is 0 Å². The van der Waals surface area contributed by atoms with Crippen molar-refractivity contribution in [3.8, 4) is 0 Å². The molecule has 1 unspecified atom stereocenters. The Morgan fingerprint density at radius 3 is 2.62 bits per heavy atom. The van der Waals surface area contributed by atoms with E-state index in [1.54, 1.807) is 7.11 Å². The van der Waals surface area contributed by atoms with Crippen molar-refractivity contribution in [2.24, 2.45) is 5.73 Å². The van der Waals surface area contributed by atoms with Gasteiger partial charge in [-0.1, -0.05) is 0 Å². The summed E-state index contributed by atoms with van der Waals surface area (Å²) in [6.07, 6.45) is 3.49. The summed E-state index contributed by atoms with van der Waals surface area (Å²) in [5.74, 6) is 0.0545. The van der Waals surface area contributed by atoms with Gasteiger partial charge in [0.1, 0.15) is 0 Å². The van der Waals surface area contributed by atoms with Crippen molar-refractivity contribution in [2.45, 2.75) is 44.8 Å². The first-order valence-electron chi connectivity index (χ1n) is 7.91. The molecule has 1 atom stereocenters. The predicted octanol–water partition coefficient (Wildman–Crippen LogP) is 0.784.